The van der Waals surface area contributed by atoms with Crippen molar-refractivity contribution in [3.8, 4) is 0 Å². The summed E-state index contributed by atoms with van der Waals surface area (Å²) in [6, 6.07) is 4.18. The zero-order valence-corrected chi connectivity index (χ0v) is 17.7. The van der Waals surface area contributed by atoms with Crippen LogP contribution in [0.4, 0.5) is 5.82 Å². The average molecular weight is 403 g/mol. The molecule has 0 aliphatic carbocycles. The van der Waals surface area contributed by atoms with Gasteiger partial charge >= 0.3 is 0 Å². The highest BCUT2D eigenvalue weighted by molar-refractivity contribution is 5.80. The Morgan fingerprint density at radius 1 is 1.17 bits per heavy atom. The van der Waals surface area contributed by atoms with E-state index < -0.39 is 0 Å². The van der Waals surface area contributed by atoms with Gasteiger partial charge in [-0.25, -0.2) is 4.98 Å². The van der Waals surface area contributed by atoms with E-state index in [4.69, 9.17) is 9.47 Å². The molecule has 1 aromatic rings. The number of morpholine rings is 1. The van der Waals surface area contributed by atoms with Crippen LogP contribution < -0.4 is 10.2 Å². The molecule has 3 saturated heterocycles. The summed E-state index contributed by atoms with van der Waals surface area (Å²) >= 11 is 0. The zero-order valence-electron chi connectivity index (χ0n) is 17.7. The second-order valence-electron chi connectivity index (χ2n) is 8.08. The minimum absolute atomic E-state index is 0.129. The molecule has 2 unspecified atom stereocenters. The number of nitrogens with zero attached hydrogens (tertiary/aromatic N) is 5. The Balaban J connectivity index is 1.37. The molecule has 4 rings (SSSR count). The van der Waals surface area contributed by atoms with E-state index in [1.54, 1.807) is 0 Å². The Hall–Kier alpha value is -1.90. The number of piperazine rings is 1. The van der Waals surface area contributed by atoms with Crippen LogP contribution >= 0.6 is 0 Å². The van der Waals surface area contributed by atoms with Crippen molar-refractivity contribution in [2.24, 2.45) is 4.99 Å². The smallest absolute Gasteiger partial charge is 0.194 e. The first-order valence-corrected chi connectivity index (χ1v) is 10.8. The van der Waals surface area contributed by atoms with Gasteiger partial charge in [0.25, 0.3) is 0 Å². The van der Waals surface area contributed by atoms with Gasteiger partial charge in [-0.1, -0.05) is 6.07 Å². The van der Waals surface area contributed by atoms with Crippen molar-refractivity contribution < 1.29 is 9.47 Å². The number of anilines is 1. The molecule has 1 aromatic heterocycles. The van der Waals surface area contributed by atoms with Crippen LogP contribution in [0.1, 0.15) is 18.4 Å². The van der Waals surface area contributed by atoms with Crippen LogP contribution in [-0.4, -0.2) is 99.5 Å². The number of aromatic nitrogens is 1. The van der Waals surface area contributed by atoms with E-state index in [1.807, 2.05) is 19.3 Å². The number of likely N-dealkylation sites (N-methyl/N-ethyl adjacent to an activating group) is 1. The van der Waals surface area contributed by atoms with Crippen molar-refractivity contribution >= 4 is 11.8 Å². The quantitative estimate of drug-likeness (QED) is 0.590. The fourth-order valence-electron chi connectivity index (χ4n) is 4.37. The summed E-state index contributed by atoms with van der Waals surface area (Å²) in [5.74, 6) is 2.01. The number of aliphatic imine (C=N–C) groups is 1. The maximum absolute atomic E-state index is 5.99. The predicted octanol–water partition coefficient (Wildman–Crippen LogP) is 0.789. The summed E-state index contributed by atoms with van der Waals surface area (Å²) in [6.07, 6.45) is 4.46. The molecular weight excluding hydrogens is 368 g/mol. The van der Waals surface area contributed by atoms with Crippen molar-refractivity contribution in [1.29, 1.82) is 0 Å². The van der Waals surface area contributed by atoms with Gasteiger partial charge < -0.3 is 29.5 Å². The van der Waals surface area contributed by atoms with Gasteiger partial charge in [0.05, 0.1) is 12.7 Å². The molecule has 0 amide bonds. The molecule has 29 heavy (non-hydrogen) atoms. The minimum atomic E-state index is 0.129. The van der Waals surface area contributed by atoms with Crippen LogP contribution in [0.5, 0.6) is 0 Å². The lowest BCUT2D eigenvalue weighted by atomic mass is 10.1. The molecule has 0 aromatic carbocycles. The third-order valence-electron chi connectivity index (χ3n) is 6.09. The van der Waals surface area contributed by atoms with Crippen LogP contribution in [0, 0.1) is 0 Å². The SMILES string of the molecule is CN=C(NCc1cccnc1N1CCN(C)CC1)N1CCOC(C2CCCO2)C1. The number of hydrogen-bond donors (Lipinski definition) is 1. The third-order valence-corrected chi connectivity index (χ3v) is 6.09. The third kappa shape index (κ3) is 4.99. The van der Waals surface area contributed by atoms with E-state index in [2.05, 4.69) is 43.1 Å². The average Bonchev–Trinajstić information content (AvgIpc) is 3.30. The van der Waals surface area contributed by atoms with Crippen LogP contribution in [0.3, 0.4) is 0 Å². The molecule has 2 atom stereocenters. The van der Waals surface area contributed by atoms with Gasteiger partial charge in [0, 0.05) is 71.2 Å². The highest BCUT2D eigenvalue weighted by Crippen LogP contribution is 2.22. The first-order chi connectivity index (χ1) is 14.2. The normalized spacial score (nSPS) is 26.8. The van der Waals surface area contributed by atoms with Crippen LogP contribution in [0.15, 0.2) is 23.3 Å². The number of pyridine rings is 1. The molecule has 160 valence electrons. The van der Waals surface area contributed by atoms with Gasteiger partial charge in [-0.3, -0.25) is 4.99 Å². The Morgan fingerprint density at radius 3 is 2.76 bits per heavy atom. The molecule has 0 saturated carbocycles. The molecule has 1 N–H and O–H groups in total. The van der Waals surface area contributed by atoms with E-state index in [0.717, 1.165) is 70.5 Å². The molecule has 8 heteroatoms. The standard InChI is InChI=1S/C21H34N6O2/c1-22-21(27-12-14-29-19(16-27)18-6-4-13-28-18)24-15-17-5-3-7-23-20(17)26-10-8-25(2)9-11-26/h3,5,7,18-19H,4,6,8-16H2,1-2H3,(H,22,24). The van der Waals surface area contributed by atoms with Crippen molar-refractivity contribution in [2.45, 2.75) is 31.6 Å². The van der Waals surface area contributed by atoms with Gasteiger partial charge in [-0.15, -0.1) is 0 Å². The topological polar surface area (TPSA) is 65.5 Å². The van der Waals surface area contributed by atoms with Gasteiger partial charge in [0.1, 0.15) is 11.9 Å². The molecular formula is C21H34N6O2. The van der Waals surface area contributed by atoms with Crippen LogP contribution in [0.25, 0.3) is 0 Å². The first-order valence-electron chi connectivity index (χ1n) is 10.8. The Labute approximate surface area is 173 Å². The summed E-state index contributed by atoms with van der Waals surface area (Å²) in [6.45, 7) is 8.13. The maximum atomic E-state index is 5.99. The summed E-state index contributed by atoms with van der Waals surface area (Å²) in [7, 11) is 4.03. The number of rotatable bonds is 4. The van der Waals surface area contributed by atoms with E-state index in [0.29, 0.717) is 13.2 Å². The lowest BCUT2D eigenvalue weighted by Crippen LogP contribution is -2.53. The first kappa shape index (κ1) is 20.4. The summed E-state index contributed by atoms with van der Waals surface area (Å²) in [4.78, 5) is 16.3. The fraction of sp³-hybridized carbons (Fsp3) is 0.714. The second kappa shape index (κ2) is 9.73. The predicted molar refractivity (Wildman–Crippen MR) is 114 cm³/mol. The molecule has 3 aliphatic heterocycles. The summed E-state index contributed by atoms with van der Waals surface area (Å²) in [5.41, 5.74) is 1.21. The molecule has 3 fully saturated rings. The van der Waals surface area contributed by atoms with Crippen molar-refractivity contribution in [3.63, 3.8) is 0 Å². The van der Waals surface area contributed by atoms with E-state index in [1.165, 1.54) is 5.56 Å². The Kier molecular flexibility index (Phi) is 6.84. The minimum Gasteiger partial charge on any atom is -0.375 e. The summed E-state index contributed by atoms with van der Waals surface area (Å²) < 4.78 is 11.8. The van der Waals surface area contributed by atoms with Gasteiger partial charge in [-0.2, -0.15) is 0 Å². The highest BCUT2D eigenvalue weighted by Gasteiger charge is 2.32. The summed E-state index contributed by atoms with van der Waals surface area (Å²) in [5, 5.41) is 3.56. The maximum Gasteiger partial charge on any atom is 0.194 e. The number of guanidine groups is 1. The zero-order chi connectivity index (χ0) is 20.1. The fourth-order valence-corrected chi connectivity index (χ4v) is 4.37. The van der Waals surface area contributed by atoms with Crippen molar-refractivity contribution in [1.82, 2.24) is 20.1 Å². The number of nitrogens with one attached hydrogen (secondary N) is 1. The Morgan fingerprint density at radius 2 is 2.00 bits per heavy atom. The largest absolute Gasteiger partial charge is 0.375 e. The van der Waals surface area contributed by atoms with Crippen LogP contribution in [0.2, 0.25) is 0 Å². The molecule has 0 bridgehead atoms. The van der Waals surface area contributed by atoms with E-state index in [9.17, 15) is 0 Å². The highest BCUT2D eigenvalue weighted by atomic mass is 16.5. The van der Waals surface area contributed by atoms with Gasteiger partial charge in [-0.05, 0) is 26.0 Å². The number of ether oxygens (including phenoxy) is 2. The molecule has 8 nitrogen and oxygen atoms in total. The monoisotopic (exact) mass is 402 g/mol. The molecule has 0 spiro atoms. The lowest BCUT2D eigenvalue weighted by Gasteiger charge is -2.37. The van der Waals surface area contributed by atoms with E-state index >= 15 is 0 Å². The van der Waals surface area contributed by atoms with Crippen molar-refractivity contribution in [2.75, 3.05) is 71.5 Å². The Bertz CT molecular complexity index is 686. The van der Waals surface area contributed by atoms with Gasteiger partial charge in [0.2, 0.25) is 0 Å². The molecule has 0 radical (unpaired) electrons. The van der Waals surface area contributed by atoms with Crippen LogP contribution in [-0.2, 0) is 16.0 Å². The second-order valence-corrected chi connectivity index (χ2v) is 8.08. The molecule has 3 aliphatic rings. The van der Waals surface area contributed by atoms with E-state index in [-0.39, 0.29) is 12.2 Å². The number of hydrogen-bond acceptors (Lipinski definition) is 6. The lowest BCUT2D eigenvalue weighted by molar-refractivity contribution is -0.0817. The van der Waals surface area contributed by atoms with Gasteiger partial charge in [0.15, 0.2) is 5.96 Å². The molecule has 4 heterocycles. The van der Waals surface area contributed by atoms with Crippen molar-refractivity contribution in [3.05, 3.63) is 23.9 Å².